The number of hydrogen-bond acceptors (Lipinski definition) is 3. The van der Waals surface area contributed by atoms with Crippen LogP contribution in [-0.4, -0.2) is 6.10 Å². The lowest BCUT2D eigenvalue weighted by atomic mass is 10.2. The Morgan fingerprint density at radius 2 is 2.00 bits per heavy atom. The summed E-state index contributed by atoms with van der Waals surface area (Å²) in [6.45, 7) is 7.14. The maximum Gasteiger partial charge on any atom is 0.120 e. The number of hydrogen-bond donors (Lipinski definition) is 1. The standard InChI is InChI=1S/C16H21NOS/c1-12(2)18-15-7-4-6-14(10-15)11-17-13(3)16-8-5-9-19-16/h4-10,12-13,17H,11H2,1-3H3. The summed E-state index contributed by atoms with van der Waals surface area (Å²) in [5, 5.41) is 5.65. The Kier molecular flexibility index (Phi) is 5.00. The van der Waals surface area contributed by atoms with E-state index in [2.05, 4.69) is 41.9 Å². The lowest BCUT2D eigenvalue weighted by Crippen LogP contribution is -2.17. The van der Waals surface area contributed by atoms with Crippen molar-refractivity contribution in [1.29, 1.82) is 0 Å². The molecule has 0 aliphatic carbocycles. The quantitative estimate of drug-likeness (QED) is 0.844. The third-order valence-electron chi connectivity index (χ3n) is 2.85. The van der Waals surface area contributed by atoms with Crippen LogP contribution in [0, 0.1) is 0 Å². The third kappa shape index (κ3) is 4.37. The first-order chi connectivity index (χ1) is 9.15. The highest BCUT2D eigenvalue weighted by molar-refractivity contribution is 7.10. The maximum atomic E-state index is 5.71. The van der Waals surface area contributed by atoms with E-state index in [0.29, 0.717) is 6.04 Å². The fourth-order valence-electron chi connectivity index (χ4n) is 1.91. The van der Waals surface area contributed by atoms with Gasteiger partial charge in [0, 0.05) is 17.5 Å². The normalized spacial score (nSPS) is 12.6. The highest BCUT2D eigenvalue weighted by atomic mass is 32.1. The summed E-state index contributed by atoms with van der Waals surface area (Å²) >= 11 is 1.79. The number of nitrogens with one attached hydrogen (secondary N) is 1. The summed E-state index contributed by atoms with van der Waals surface area (Å²) in [5.74, 6) is 0.943. The highest BCUT2D eigenvalue weighted by Crippen LogP contribution is 2.19. The predicted octanol–water partition coefficient (Wildman–Crippen LogP) is 4.39. The Hall–Kier alpha value is -1.32. The van der Waals surface area contributed by atoms with Crippen LogP contribution in [0.3, 0.4) is 0 Å². The van der Waals surface area contributed by atoms with Crippen molar-refractivity contribution >= 4 is 11.3 Å². The van der Waals surface area contributed by atoms with Crippen molar-refractivity contribution in [2.24, 2.45) is 0 Å². The van der Waals surface area contributed by atoms with Gasteiger partial charge in [0.15, 0.2) is 0 Å². The third-order valence-corrected chi connectivity index (χ3v) is 3.91. The summed E-state index contributed by atoms with van der Waals surface area (Å²) in [7, 11) is 0. The molecule has 0 spiro atoms. The molecular weight excluding hydrogens is 254 g/mol. The molecule has 1 heterocycles. The van der Waals surface area contributed by atoms with E-state index in [4.69, 9.17) is 4.74 Å². The Labute approximate surface area is 119 Å². The molecule has 0 fully saturated rings. The zero-order valence-electron chi connectivity index (χ0n) is 11.7. The van der Waals surface area contributed by atoms with E-state index >= 15 is 0 Å². The van der Waals surface area contributed by atoms with Crippen LogP contribution in [0.15, 0.2) is 41.8 Å². The molecule has 2 nitrogen and oxygen atoms in total. The molecule has 0 aliphatic heterocycles. The molecule has 0 saturated heterocycles. The minimum absolute atomic E-state index is 0.216. The molecule has 0 saturated carbocycles. The van der Waals surface area contributed by atoms with Gasteiger partial charge >= 0.3 is 0 Å². The molecule has 1 unspecified atom stereocenters. The summed E-state index contributed by atoms with van der Waals surface area (Å²) in [6, 6.07) is 12.9. The topological polar surface area (TPSA) is 21.3 Å². The van der Waals surface area contributed by atoms with Crippen molar-refractivity contribution < 1.29 is 4.74 Å². The Morgan fingerprint density at radius 3 is 2.68 bits per heavy atom. The summed E-state index contributed by atoms with van der Waals surface area (Å²) < 4.78 is 5.71. The predicted molar refractivity (Wildman–Crippen MR) is 81.8 cm³/mol. The summed E-state index contributed by atoms with van der Waals surface area (Å²) in [4.78, 5) is 1.37. The molecule has 1 aromatic heterocycles. The van der Waals surface area contributed by atoms with Gasteiger partial charge in [0.25, 0.3) is 0 Å². The first kappa shape index (κ1) is 14.1. The van der Waals surface area contributed by atoms with Crippen LogP contribution in [0.1, 0.15) is 37.3 Å². The Bertz CT molecular complexity index is 493. The van der Waals surface area contributed by atoms with Gasteiger partial charge < -0.3 is 10.1 Å². The number of rotatable bonds is 6. The SMILES string of the molecule is CC(C)Oc1cccc(CNC(C)c2cccs2)c1. The smallest absolute Gasteiger partial charge is 0.120 e. The zero-order valence-corrected chi connectivity index (χ0v) is 12.5. The number of thiophene rings is 1. The first-order valence-corrected chi connectivity index (χ1v) is 7.55. The van der Waals surface area contributed by atoms with E-state index < -0.39 is 0 Å². The van der Waals surface area contributed by atoms with Crippen LogP contribution in [0.4, 0.5) is 0 Å². The molecule has 1 aromatic carbocycles. The molecule has 3 heteroatoms. The largest absolute Gasteiger partial charge is 0.491 e. The monoisotopic (exact) mass is 275 g/mol. The zero-order chi connectivity index (χ0) is 13.7. The van der Waals surface area contributed by atoms with Crippen molar-refractivity contribution in [3.8, 4) is 5.75 Å². The van der Waals surface area contributed by atoms with Crippen molar-refractivity contribution in [1.82, 2.24) is 5.32 Å². The van der Waals surface area contributed by atoms with E-state index in [1.54, 1.807) is 11.3 Å². The summed E-state index contributed by atoms with van der Waals surface area (Å²) in [5.41, 5.74) is 1.25. The van der Waals surface area contributed by atoms with E-state index in [1.807, 2.05) is 26.0 Å². The molecule has 19 heavy (non-hydrogen) atoms. The van der Waals surface area contributed by atoms with Crippen molar-refractivity contribution in [3.05, 3.63) is 52.2 Å². The van der Waals surface area contributed by atoms with Gasteiger partial charge in [-0.25, -0.2) is 0 Å². The molecule has 2 rings (SSSR count). The van der Waals surface area contributed by atoms with Crippen LogP contribution in [0.2, 0.25) is 0 Å². The van der Waals surface area contributed by atoms with E-state index in [-0.39, 0.29) is 6.10 Å². The van der Waals surface area contributed by atoms with E-state index in [1.165, 1.54) is 10.4 Å². The molecule has 1 atom stereocenters. The number of ether oxygens (including phenoxy) is 1. The van der Waals surface area contributed by atoms with Gasteiger partial charge in [-0.05, 0) is 49.9 Å². The fraction of sp³-hybridized carbons (Fsp3) is 0.375. The number of benzene rings is 1. The first-order valence-electron chi connectivity index (χ1n) is 6.67. The van der Waals surface area contributed by atoms with Gasteiger partial charge in [-0.1, -0.05) is 18.2 Å². The van der Waals surface area contributed by atoms with Crippen molar-refractivity contribution in [2.75, 3.05) is 0 Å². The lowest BCUT2D eigenvalue weighted by molar-refractivity contribution is 0.242. The second-order valence-electron chi connectivity index (χ2n) is 4.93. The molecular formula is C16H21NOS. The molecule has 102 valence electrons. The van der Waals surface area contributed by atoms with Gasteiger partial charge in [-0.2, -0.15) is 0 Å². The van der Waals surface area contributed by atoms with Crippen LogP contribution in [-0.2, 0) is 6.54 Å². The summed E-state index contributed by atoms with van der Waals surface area (Å²) in [6.07, 6.45) is 0.216. The van der Waals surface area contributed by atoms with Gasteiger partial charge in [0.05, 0.1) is 6.10 Å². The highest BCUT2D eigenvalue weighted by Gasteiger charge is 2.06. The molecule has 0 radical (unpaired) electrons. The molecule has 1 N–H and O–H groups in total. The fourth-order valence-corrected chi connectivity index (χ4v) is 2.67. The Balaban J connectivity index is 1.92. The van der Waals surface area contributed by atoms with Crippen LogP contribution >= 0.6 is 11.3 Å². The van der Waals surface area contributed by atoms with Crippen LogP contribution in [0.5, 0.6) is 5.75 Å². The average Bonchev–Trinajstić information content (AvgIpc) is 2.89. The minimum Gasteiger partial charge on any atom is -0.491 e. The van der Waals surface area contributed by atoms with Gasteiger partial charge in [0.1, 0.15) is 5.75 Å². The molecule has 0 aliphatic rings. The van der Waals surface area contributed by atoms with Crippen molar-refractivity contribution in [2.45, 2.75) is 39.5 Å². The average molecular weight is 275 g/mol. The van der Waals surface area contributed by atoms with Crippen LogP contribution in [0.25, 0.3) is 0 Å². The Morgan fingerprint density at radius 1 is 1.16 bits per heavy atom. The van der Waals surface area contributed by atoms with Crippen LogP contribution < -0.4 is 10.1 Å². The maximum absolute atomic E-state index is 5.71. The molecule has 0 bridgehead atoms. The van der Waals surface area contributed by atoms with E-state index in [9.17, 15) is 0 Å². The molecule has 2 aromatic rings. The lowest BCUT2D eigenvalue weighted by Gasteiger charge is -2.14. The van der Waals surface area contributed by atoms with Gasteiger partial charge in [0.2, 0.25) is 0 Å². The van der Waals surface area contributed by atoms with Crippen molar-refractivity contribution in [3.63, 3.8) is 0 Å². The minimum atomic E-state index is 0.216. The van der Waals surface area contributed by atoms with Gasteiger partial charge in [-0.3, -0.25) is 0 Å². The molecule has 0 amide bonds. The second-order valence-corrected chi connectivity index (χ2v) is 5.91. The second kappa shape index (κ2) is 6.73. The van der Waals surface area contributed by atoms with E-state index in [0.717, 1.165) is 12.3 Å². The van der Waals surface area contributed by atoms with Gasteiger partial charge in [-0.15, -0.1) is 11.3 Å².